The van der Waals surface area contributed by atoms with Crippen molar-refractivity contribution in [3.05, 3.63) is 130 Å². The fourth-order valence-electron chi connectivity index (χ4n) is 5.56. The molecule has 1 aliphatic carbocycles. The maximum Gasteiger partial charge on any atom is 0.264 e. The van der Waals surface area contributed by atoms with Crippen LogP contribution >= 0.6 is 23.2 Å². The van der Waals surface area contributed by atoms with Gasteiger partial charge in [-0.2, -0.15) is 0 Å². The summed E-state index contributed by atoms with van der Waals surface area (Å²) in [6, 6.07) is 29.9. The number of sulfonamides is 1. The van der Waals surface area contributed by atoms with Crippen LogP contribution in [0.5, 0.6) is 0 Å². The second-order valence-corrected chi connectivity index (χ2v) is 13.9. The normalized spacial score (nSPS) is 14.1. The lowest BCUT2D eigenvalue weighted by molar-refractivity contribution is -0.140. The highest BCUT2D eigenvalue weighted by Crippen LogP contribution is 2.27. The molecule has 1 atom stereocenters. The fourth-order valence-corrected chi connectivity index (χ4v) is 7.25. The molecule has 1 aliphatic rings. The molecule has 5 rings (SSSR count). The molecular formula is C35H35Cl2N3O4S. The molecule has 4 aromatic rings. The summed E-state index contributed by atoms with van der Waals surface area (Å²) in [5.41, 5.74) is 1.91. The molecule has 4 aromatic carbocycles. The summed E-state index contributed by atoms with van der Waals surface area (Å²) in [6.07, 6.45) is 4.10. The average Bonchev–Trinajstić information content (AvgIpc) is 3.57. The van der Waals surface area contributed by atoms with Gasteiger partial charge in [-0.1, -0.05) is 96.7 Å². The van der Waals surface area contributed by atoms with E-state index in [1.54, 1.807) is 66.7 Å². The van der Waals surface area contributed by atoms with E-state index in [0.29, 0.717) is 10.0 Å². The van der Waals surface area contributed by atoms with Gasteiger partial charge in [-0.25, -0.2) is 8.42 Å². The van der Waals surface area contributed by atoms with Crippen molar-refractivity contribution in [2.45, 2.75) is 55.6 Å². The molecule has 0 saturated heterocycles. The number of amides is 2. The van der Waals surface area contributed by atoms with Crippen LogP contribution < -0.4 is 9.62 Å². The molecule has 0 aliphatic heterocycles. The number of halogens is 2. The van der Waals surface area contributed by atoms with Gasteiger partial charge in [0, 0.05) is 29.1 Å². The minimum absolute atomic E-state index is 0.0345. The van der Waals surface area contributed by atoms with Crippen LogP contribution in [0.2, 0.25) is 10.0 Å². The zero-order valence-electron chi connectivity index (χ0n) is 24.7. The van der Waals surface area contributed by atoms with Crippen molar-refractivity contribution in [2.75, 3.05) is 10.8 Å². The van der Waals surface area contributed by atoms with E-state index in [1.807, 2.05) is 30.3 Å². The third-order valence-corrected chi connectivity index (χ3v) is 10.3. The fraction of sp³-hybridized carbons (Fsp3) is 0.257. The summed E-state index contributed by atoms with van der Waals surface area (Å²) in [6.45, 7) is -0.458. The third-order valence-electron chi connectivity index (χ3n) is 7.96. The van der Waals surface area contributed by atoms with Gasteiger partial charge in [0.05, 0.1) is 10.6 Å². The topological polar surface area (TPSA) is 86.8 Å². The standard InChI is InChI=1S/C35H35Cl2N3O4S/c36-28-17-15-27(16-18-28)24-39(33(23-26-9-3-1-4-10-26)35(42)38-30-11-7-8-12-30)34(41)25-40(31-21-19-29(37)20-22-31)45(43,44)32-13-5-2-6-14-32/h1-6,9-10,13-22,30,33H,7-8,11-12,23-25H2,(H,38,42)/t33-/m0/s1. The summed E-state index contributed by atoms with van der Waals surface area (Å²) in [7, 11) is -4.17. The van der Waals surface area contributed by atoms with E-state index >= 15 is 0 Å². The highest BCUT2D eigenvalue weighted by atomic mass is 35.5. The van der Waals surface area contributed by atoms with E-state index in [2.05, 4.69) is 5.32 Å². The number of hydrogen-bond acceptors (Lipinski definition) is 4. The molecule has 2 amide bonds. The van der Waals surface area contributed by atoms with Crippen LogP contribution in [0.3, 0.4) is 0 Å². The average molecular weight is 665 g/mol. The molecule has 45 heavy (non-hydrogen) atoms. The number of carbonyl (C=O) groups excluding carboxylic acids is 2. The molecule has 0 unspecified atom stereocenters. The predicted molar refractivity (Wildman–Crippen MR) is 179 cm³/mol. The lowest BCUT2D eigenvalue weighted by Crippen LogP contribution is -2.54. The van der Waals surface area contributed by atoms with E-state index in [-0.39, 0.29) is 35.5 Å². The summed E-state index contributed by atoms with van der Waals surface area (Å²) in [5.74, 6) is -0.793. The van der Waals surface area contributed by atoms with Gasteiger partial charge in [-0.15, -0.1) is 0 Å². The number of benzene rings is 4. The summed E-state index contributed by atoms with van der Waals surface area (Å²) < 4.78 is 29.1. The van der Waals surface area contributed by atoms with Gasteiger partial charge in [0.15, 0.2) is 0 Å². The van der Waals surface area contributed by atoms with Gasteiger partial charge in [-0.3, -0.25) is 13.9 Å². The Kier molecular flexibility index (Phi) is 10.8. The molecule has 1 saturated carbocycles. The Morgan fingerprint density at radius 2 is 1.31 bits per heavy atom. The first kappa shape index (κ1) is 32.5. The van der Waals surface area contributed by atoms with Crippen molar-refractivity contribution in [1.82, 2.24) is 10.2 Å². The van der Waals surface area contributed by atoms with Gasteiger partial charge in [0.2, 0.25) is 11.8 Å². The number of hydrogen-bond donors (Lipinski definition) is 1. The van der Waals surface area contributed by atoms with Crippen molar-refractivity contribution < 1.29 is 18.0 Å². The maximum atomic E-state index is 14.5. The highest BCUT2D eigenvalue weighted by molar-refractivity contribution is 7.92. The Bertz CT molecular complexity index is 1680. The first-order valence-corrected chi connectivity index (χ1v) is 17.1. The van der Waals surface area contributed by atoms with Crippen molar-refractivity contribution in [3.8, 4) is 0 Å². The molecule has 0 heterocycles. The van der Waals surface area contributed by atoms with Crippen LogP contribution in [0, 0.1) is 0 Å². The zero-order valence-corrected chi connectivity index (χ0v) is 27.0. The molecule has 0 spiro atoms. The van der Waals surface area contributed by atoms with Gasteiger partial charge < -0.3 is 10.2 Å². The van der Waals surface area contributed by atoms with Crippen LogP contribution in [-0.2, 0) is 32.6 Å². The number of anilines is 1. The lowest BCUT2D eigenvalue weighted by Gasteiger charge is -2.34. The number of carbonyl (C=O) groups is 2. The van der Waals surface area contributed by atoms with Crippen LogP contribution in [0.15, 0.2) is 114 Å². The summed E-state index contributed by atoms with van der Waals surface area (Å²) in [5, 5.41) is 4.15. The van der Waals surface area contributed by atoms with E-state index in [4.69, 9.17) is 23.2 Å². The molecular weight excluding hydrogens is 629 g/mol. The SMILES string of the molecule is O=C(NC1CCCC1)[C@H](Cc1ccccc1)N(Cc1ccc(Cl)cc1)C(=O)CN(c1ccc(Cl)cc1)S(=O)(=O)c1ccccc1. The molecule has 0 aromatic heterocycles. The monoisotopic (exact) mass is 663 g/mol. The molecule has 0 radical (unpaired) electrons. The second-order valence-electron chi connectivity index (χ2n) is 11.1. The van der Waals surface area contributed by atoms with Gasteiger partial charge in [-0.05, 0) is 72.5 Å². The molecule has 1 fully saturated rings. The van der Waals surface area contributed by atoms with Crippen LogP contribution in [0.1, 0.15) is 36.8 Å². The predicted octanol–water partition coefficient (Wildman–Crippen LogP) is 6.89. The van der Waals surface area contributed by atoms with Gasteiger partial charge >= 0.3 is 0 Å². The first-order valence-electron chi connectivity index (χ1n) is 14.9. The number of nitrogens with one attached hydrogen (secondary N) is 1. The molecule has 7 nitrogen and oxygen atoms in total. The smallest absolute Gasteiger partial charge is 0.264 e. The summed E-state index contributed by atoms with van der Waals surface area (Å²) >= 11 is 12.3. The Morgan fingerprint density at radius 3 is 1.91 bits per heavy atom. The van der Waals surface area contributed by atoms with E-state index in [9.17, 15) is 18.0 Å². The van der Waals surface area contributed by atoms with E-state index < -0.39 is 28.5 Å². The Hall–Kier alpha value is -3.85. The molecule has 1 N–H and O–H groups in total. The number of rotatable bonds is 12. The minimum Gasteiger partial charge on any atom is -0.352 e. The second kappa shape index (κ2) is 15.0. The first-order chi connectivity index (χ1) is 21.7. The lowest BCUT2D eigenvalue weighted by atomic mass is 10.0. The zero-order chi connectivity index (χ0) is 31.8. The van der Waals surface area contributed by atoms with Crippen molar-refractivity contribution >= 4 is 50.7 Å². The Morgan fingerprint density at radius 1 is 0.756 bits per heavy atom. The van der Waals surface area contributed by atoms with E-state index in [0.717, 1.165) is 41.1 Å². The summed E-state index contributed by atoms with van der Waals surface area (Å²) in [4.78, 5) is 30.1. The van der Waals surface area contributed by atoms with Crippen molar-refractivity contribution in [3.63, 3.8) is 0 Å². The quantitative estimate of drug-likeness (QED) is 0.179. The van der Waals surface area contributed by atoms with Crippen LogP contribution in [0.25, 0.3) is 0 Å². The van der Waals surface area contributed by atoms with Crippen LogP contribution in [0.4, 0.5) is 5.69 Å². The Labute approximate surface area is 274 Å². The molecule has 10 heteroatoms. The third kappa shape index (κ3) is 8.45. The minimum atomic E-state index is -4.17. The molecule has 0 bridgehead atoms. The number of nitrogens with zero attached hydrogens (tertiary/aromatic N) is 2. The molecule has 234 valence electrons. The van der Waals surface area contributed by atoms with Crippen LogP contribution in [-0.4, -0.2) is 43.8 Å². The van der Waals surface area contributed by atoms with Crippen molar-refractivity contribution in [1.29, 1.82) is 0 Å². The van der Waals surface area contributed by atoms with Gasteiger partial charge in [0.25, 0.3) is 10.0 Å². The Balaban J connectivity index is 1.55. The maximum absolute atomic E-state index is 14.5. The van der Waals surface area contributed by atoms with Gasteiger partial charge in [0.1, 0.15) is 12.6 Å². The largest absolute Gasteiger partial charge is 0.352 e. The van der Waals surface area contributed by atoms with E-state index in [1.165, 1.54) is 17.0 Å². The van der Waals surface area contributed by atoms with Crippen molar-refractivity contribution in [2.24, 2.45) is 0 Å². The highest BCUT2D eigenvalue weighted by Gasteiger charge is 2.35.